The maximum Gasteiger partial charge on any atom is 0.420 e. The zero-order chi connectivity index (χ0) is 29.2. The van der Waals surface area contributed by atoms with Crippen molar-refractivity contribution in [3.8, 4) is 0 Å². The number of carbonyl (C=O) groups is 4. The Balaban J connectivity index is 2.68. The molecule has 2 N–H and O–H groups in total. The van der Waals surface area contributed by atoms with Crippen LogP contribution in [0.5, 0.6) is 0 Å². The number of benzene rings is 1. The molecular formula is C27H39N3O8. The van der Waals surface area contributed by atoms with Crippen LogP contribution in [0.4, 0.5) is 20.1 Å². The van der Waals surface area contributed by atoms with E-state index in [-0.39, 0.29) is 6.42 Å². The Labute approximate surface area is 223 Å². The molecule has 210 valence electrons. The zero-order valence-corrected chi connectivity index (χ0v) is 23.8. The van der Waals surface area contributed by atoms with E-state index in [0.717, 1.165) is 7.11 Å². The highest BCUT2D eigenvalue weighted by molar-refractivity contribution is 6.00. The van der Waals surface area contributed by atoms with E-state index in [9.17, 15) is 19.2 Å². The number of nitrogen functional groups attached to an aromatic ring is 1. The van der Waals surface area contributed by atoms with Gasteiger partial charge in [-0.25, -0.2) is 19.2 Å². The van der Waals surface area contributed by atoms with Gasteiger partial charge in [-0.15, -0.1) is 0 Å². The third kappa shape index (κ3) is 7.87. The molecule has 0 spiro atoms. The van der Waals surface area contributed by atoms with Crippen LogP contribution in [0.15, 0.2) is 24.4 Å². The minimum Gasteiger partial charge on any atom is -0.467 e. The average Bonchev–Trinajstić information content (AvgIpc) is 3.08. The molecule has 0 saturated carbocycles. The van der Waals surface area contributed by atoms with Crippen molar-refractivity contribution in [2.24, 2.45) is 0 Å². The fourth-order valence-corrected chi connectivity index (χ4v) is 3.59. The van der Waals surface area contributed by atoms with E-state index in [4.69, 9.17) is 24.7 Å². The van der Waals surface area contributed by atoms with Gasteiger partial charge in [0.1, 0.15) is 22.8 Å². The fraction of sp³-hybridized carbons (Fsp3) is 0.556. The van der Waals surface area contributed by atoms with E-state index in [1.807, 2.05) is 0 Å². The topological polar surface area (TPSA) is 139 Å². The molecular weight excluding hydrogens is 494 g/mol. The van der Waals surface area contributed by atoms with Crippen LogP contribution < -0.4 is 5.73 Å². The van der Waals surface area contributed by atoms with E-state index in [0.29, 0.717) is 27.1 Å². The van der Waals surface area contributed by atoms with Crippen molar-refractivity contribution in [1.29, 1.82) is 0 Å². The summed E-state index contributed by atoms with van der Waals surface area (Å²) >= 11 is 0. The Kier molecular flexibility index (Phi) is 8.76. The Morgan fingerprint density at radius 1 is 0.868 bits per heavy atom. The first kappa shape index (κ1) is 30.5. The molecule has 11 heteroatoms. The first-order chi connectivity index (χ1) is 17.2. The number of anilines is 1. The van der Waals surface area contributed by atoms with Crippen molar-refractivity contribution in [3.63, 3.8) is 0 Å². The number of hydrogen-bond acceptors (Lipinski definition) is 9. The lowest BCUT2D eigenvalue weighted by Crippen LogP contribution is -2.53. The lowest BCUT2D eigenvalue weighted by Gasteiger charge is -2.32. The van der Waals surface area contributed by atoms with Crippen molar-refractivity contribution in [2.75, 3.05) is 12.8 Å². The summed E-state index contributed by atoms with van der Waals surface area (Å²) < 4.78 is 22.6. The summed E-state index contributed by atoms with van der Waals surface area (Å²) in [5.41, 5.74) is 4.69. The van der Waals surface area contributed by atoms with Crippen molar-refractivity contribution in [3.05, 3.63) is 30.0 Å². The smallest absolute Gasteiger partial charge is 0.420 e. The molecule has 0 bridgehead atoms. The van der Waals surface area contributed by atoms with Gasteiger partial charge in [-0.3, -0.25) is 4.57 Å². The molecule has 2 rings (SSSR count). The van der Waals surface area contributed by atoms with E-state index in [2.05, 4.69) is 0 Å². The first-order valence-electron chi connectivity index (χ1n) is 12.2. The summed E-state index contributed by atoms with van der Waals surface area (Å²) in [7, 11) is 1.13. The number of amides is 2. The molecule has 1 aromatic heterocycles. The number of ether oxygens (including phenoxy) is 4. The summed E-state index contributed by atoms with van der Waals surface area (Å²) in [5.74, 6) is -0.894. The molecule has 2 amide bonds. The van der Waals surface area contributed by atoms with E-state index in [1.165, 1.54) is 10.8 Å². The average molecular weight is 534 g/mol. The highest BCUT2D eigenvalue weighted by Gasteiger charge is 2.41. The van der Waals surface area contributed by atoms with Crippen LogP contribution in [0.1, 0.15) is 67.9 Å². The largest absolute Gasteiger partial charge is 0.467 e. The number of methoxy groups -OCH3 is 1. The van der Waals surface area contributed by atoms with Crippen LogP contribution in [0, 0.1) is 0 Å². The highest BCUT2D eigenvalue weighted by Crippen LogP contribution is 2.30. The molecule has 0 radical (unpaired) electrons. The summed E-state index contributed by atoms with van der Waals surface area (Å²) in [6.45, 7) is 15.0. The highest BCUT2D eigenvalue weighted by atomic mass is 16.6. The molecule has 0 saturated heterocycles. The molecule has 1 heterocycles. The minimum absolute atomic E-state index is 0.244. The Hall–Kier alpha value is -3.76. The molecule has 1 aromatic carbocycles. The standard InChI is InChI=1S/C27H39N3O8/c1-25(2,3)36-22(32)29-15-16(20-17(28)12-11-13-18(20)29)14-19(21(31)35-10)30(23(33)37-26(4,5)6)24(34)38-27(7,8)9/h11-13,15,19H,14,28H2,1-10H3/t19-/m0/s1. The summed E-state index contributed by atoms with van der Waals surface area (Å²) in [4.78, 5) is 53.1. The quantitative estimate of drug-likeness (QED) is 0.316. The van der Waals surface area contributed by atoms with Gasteiger partial charge in [0.25, 0.3) is 0 Å². The molecule has 0 aliphatic heterocycles. The van der Waals surface area contributed by atoms with Gasteiger partial charge in [-0.05, 0) is 80.0 Å². The zero-order valence-electron chi connectivity index (χ0n) is 23.8. The normalized spacial score (nSPS) is 13.0. The van der Waals surface area contributed by atoms with E-state index >= 15 is 0 Å². The molecule has 0 aliphatic rings. The Bertz CT molecular complexity index is 1180. The maximum absolute atomic E-state index is 13.2. The van der Waals surface area contributed by atoms with Gasteiger partial charge < -0.3 is 24.7 Å². The minimum atomic E-state index is -1.50. The summed E-state index contributed by atoms with van der Waals surface area (Å²) in [6.07, 6.45) is -1.62. The maximum atomic E-state index is 13.2. The summed E-state index contributed by atoms with van der Waals surface area (Å²) in [6, 6.07) is 3.49. The first-order valence-corrected chi connectivity index (χ1v) is 12.2. The van der Waals surface area contributed by atoms with Crippen LogP contribution in [-0.2, 0) is 30.2 Å². The van der Waals surface area contributed by atoms with Crippen molar-refractivity contribution < 1.29 is 38.1 Å². The molecule has 0 fully saturated rings. The second-order valence-corrected chi connectivity index (χ2v) is 11.8. The number of nitrogens with zero attached hydrogens (tertiary/aromatic N) is 2. The number of nitrogens with two attached hydrogens (primary N) is 1. The third-order valence-corrected chi connectivity index (χ3v) is 4.91. The van der Waals surface area contributed by atoms with Gasteiger partial charge in [0, 0.05) is 23.7 Å². The van der Waals surface area contributed by atoms with Gasteiger partial charge >= 0.3 is 24.2 Å². The van der Waals surface area contributed by atoms with Crippen LogP contribution in [0.2, 0.25) is 0 Å². The van der Waals surface area contributed by atoms with E-state index < -0.39 is 47.1 Å². The molecule has 1 atom stereocenters. The molecule has 0 unspecified atom stereocenters. The summed E-state index contributed by atoms with van der Waals surface area (Å²) in [5, 5.41) is 0.459. The number of carbonyl (C=O) groups excluding carboxylic acids is 4. The van der Waals surface area contributed by atoms with Crippen LogP contribution in [0.3, 0.4) is 0 Å². The third-order valence-electron chi connectivity index (χ3n) is 4.91. The van der Waals surface area contributed by atoms with E-state index in [1.54, 1.807) is 80.5 Å². The molecule has 2 aromatic rings. The number of fused-ring (bicyclic) bond motifs is 1. The van der Waals surface area contributed by atoms with Crippen LogP contribution in [-0.4, -0.2) is 63.7 Å². The number of hydrogen-bond donors (Lipinski definition) is 1. The Morgan fingerprint density at radius 3 is 1.82 bits per heavy atom. The second-order valence-electron chi connectivity index (χ2n) is 11.8. The predicted molar refractivity (Wildman–Crippen MR) is 142 cm³/mol. The van der Waals surface area contributed by atoms with Crippen molar-refractivity contribution in [1.82, 2.24) is 9.47 Å². The predicted octanol–water partition coefficient (Wildman–Crippen LogP) is 5.26. The molecule has 0 aliphatic carbocycles. The number of imide groups is 1. The molecule has 11 nitrogen and oxygen atoms in total. The lowest BCUT2D eigenvalue weighted by molar-refractivity contribution is -0.146. The van der Waals surface area contributed by atoms with Crippen LogP contribution in [0.25, 0.3) is 10.9 Å². The van der Waals surface area contributed by atoms with Crippen LogP contribution >= 0.6 is 0 Å². The number of esters is 1. The van der Waals surface area contributed by atoms with Gasteiger partial charge in [-0.2, -0.15) is 4.90 Å². The van der Waals surface area contributed by atoms with Gasteiger partial charge in [0.2, 0.25) is 0 Å². The van der Waals surface area contributed by atoms with Crippen molar-refractivity contribution in [2.45, 2.75) is 91.6 Å². The van der Waals surface area contributed by atoms with Gasteiger partial charge in [0.15, 0.2) is 0 Å². The SMILES string of the molecule is COC(=O)[C@H](Cc1cn(C(=O)OC(C)(C)C)c2cccc(N)c12)N(C(=O)OC(C)(C)C)C(=O)OC(C)(C)C. The molecule has 38 heavy (non-hydrogen) atoms. The van der Waals surface area contributed by atoms with Gasteiger partial charge in [0.05, 0.1) is 12.6 Å². The number of aromatic nitrogens is 1. The lowest BCUT2D eigenvalue weighted by atomic mass is 10.0. The van der Waals surface area contributed by atoms with Gasteiger partial charge in [-0.1, -0.05) is 6.07 Å². The van der Waals surface area contributed by atoms with Crippen molar-refractivity contribution >= 4 is 40.8 Å². The number of rotatable bonds is 4. The fourth-order valence-electron chi connectivity index (χ4n) is 3.59. The Morgan fingerprint density at radius 2 is 1.37 bits per heavy atom. The monoisotopic (exact) mass is 533 g/mol. The second kappa shape index (κ2) is 10.9.